The van der Waals surface area contributed by atoms with Crippen molar-refractivity contribution in [2.45, 2.75) is 51.9 Å². The number of pyridine rings is 1. The molecule has 1 aromatic carbocycles. The predicted octanol–water partition coefficient (Wildman–Crippen LogP) is 6.30. The van der Waals surface area contributed by atoms with E-state index in [0.717, 1.165) is 35.4 Å². The molecule has 0 bridgehead atoms. The summed E-state index contributed by atoms with van der Waals surface area (Å²) in [5.74, 6) is -1.07. The van der Waals surface area contributed by atoms with Crippen LogP contribution >= 0.6 is 0 Å². The van der Waals surface area contributed by atoms with Crippen molar-refractivity contribution in [3.63, 3.8) is 0 Å². The van der Waals surface area contributed by atoms with Gasteiger partial charge in [-0.2, -0.15) is 5.10 Å². The van der Waals surface area contributed by atoms with Gasteiger partial charge in [0.15, 0.2) is 0 Å². The Bertz CT molecular complexity index is 1300. The molecule has 3 aromatic heterocycles. The number of imidazole rings is 1. The minimum absolute atomic E-state index is 0.0365. The van der Waals surface area contributed by atoms with Gasteiger partial charge in [0.05, 0.1) is 22.4 Å². The van der Waals surface area contributed by atoms with Crippen LogP contribution in [0.1, 0.15) is 63.4 Å². The number of halogens is 2. The largest absolute Gasteiger partial charge is 0.303 e. The van der Waals surface area contributed by atoms with Crippen LogP contribution in [0.4, 0.5) is 8.78 Å². The lowest BCUT2D eigenvalue weighted by atomic mass is 9.62. The molecule has 0 aliphatic heterocycles. The molecular weight excluding hydrogens is 406 g/mol. The average Bonchev–Trinajstić information content (AvgIpc) is 3.22. The van der Waals surface area contributed by atoms with Gasteiger partial charge in [0.2, 0.25) is 0 Å². The van der Waals surface area contributed by atoms with E-state index in [2.05, 4.69) is 53.3 Å². The van der Waals surface area contributed by atoms with E-state index in [9.17, 15) is 8.78 Å². The Kier molecular flexibility index (Phi) is 4.66. The number of fused-ring (bicyclic) bond motifs is 2. The van der Waals surface area contributed by atoms with Crippen LogP contribution in [0, 0.1) is 17.0 Å². The predicted molar refractivity (Wildman–Crippen MR) is 120 cm³/mol. The summed E-state index contributed by atoms with van der Waals surface area (Å²) in [4.78, 5) is 4.43. The monoisotopic (exact) mass is 432 g/mol. The molecule has 2 atom stereocenters. The number of aromatic nitrogens is 4. The molecule has 4 nitrogen and oxygen atoms in total. The molecule has 0 fully saturated rings. The first-order chi connectivity index (χ1) is 15.2. The molecule has 4 aromatic rings. The zero-order valence-electron chi connectivity index (χ0n) is 18.7. The molecule has 0 amide bonds. The standard InChI is InChI=1S/C26H26F2N4/c1-25(2,3)17-11-12-26(4,21-9-6-10-22-29-13-14-32(21)22)24-16(17)15-20(30-31-24)23-18(27)7-5-8-19(23)28/h5-10,13-15,17H,11-12H2,1-4H3/t17-,26+/m0/s1. The number of benzene rings is 1. The highest BCUT2D eigenvalue weighted by atomic mass is 19.1. The summed E-state index contributed by atoms with van der Waals surface area (Å²) in [6.07, 6.45) is 5.58. The van der Waals surface area contributed by atoms with Crippen molar-refractivity contribution in [1.29, 1.82) is 0 Å². The van der Waals surface area contributed by atoms with E-state index >= 15 is 0 Å². The van der Waals surface area contributed by atoms with E-state index in [4.69, 9.17) is 0 Å². The van der Waals surface area contributed by atoms with Crippen LogP contribution in [0.25, 0.3) is 16.9 Å². The molecule has 0 saturated carbocycles. The van der Waals surface area contributed by atoms with E-state index < -0.39 is 17.0 Å². The SMILES string of the molecule is CC(C)(C)[C@H]1CC[C@](C)(c2cccc3nccn23)c2nnc(-c3c(F)cccc3F)cc21. The van der Waals surface area contributed by atoms with Gasteiger partial charge >= 0.3 is 0 Å². The van der Waals surface area contributed by atoms with Crippen molar-refractivity contribution in [3.05, 3.63) is 83.4 Å². The quantitative estimate of drug-likeness (QED) is 0.373. The van der Waals surface area contributed by atoms with Crippen LogP contribution in [-0.2, 0) is 5.41 Å². The summed E-state index contributed by atoms with van der Waals surface area (Å²) < 4.78 is 31.2. The fraction of sp³-hybridized carbons (Fsp3) is 0.346. The smallest absolute Gasteiger partial charge is 0.136 e. The second kappa shape index (κ2) is 7.19. The third-order valence-electron chi connectivity index (χ3n) is 6.91. The lowest BCUT2D eigenvalue weighted by Gasteiger charge is -2.43. The zero-order chi connectivity index (χ0) is 22.7. The van der Waals surface area contributed by atoms with Crippen molar-refractivity contribution in [2.75, 3.05) is 0 Å². The lowest BCUT2D eigenvalue weighted by Crippen LogP contribution is -2.37. The van der Waals surface area contributed by atoms with Crippen LogP contribution < -0.4 is 0 Å². The number of nitrogens with zero attached hydrogens (tertiary/aromatic N) is 4. The van der Waals surface area contributed by atoms with Gasteiger partial charge in [0.1, 0.15) is 17.3 Å². The Balaban J connectivity index is 1.75. The third kappa shape index (κ3) is 3.12. The maximum atomic E-state index is 14.5. The average molecular weight is 433 g/mol. The fourth-order valence-corrected chi connectivity index (χ4v) is 5.22. The van der Waals surface area contributed by atoms with Gasteiger partial charge in [-0.1, -0.05) is 32.9 Å². The minimum atomic E-state index is -0.631. The van der Waals surface area contributed by atoms with E-state index in [1.807, 2.05) is 24.4 Å². The summed E-state index contributed by atoms with van der Waals surface area (Å²) in [5, 5.41) is 8.98. The molecule has 0 spiro atoms. The molecule has 1 aliphatic rings. The van der Waals surface area contributed by atoms with Gasteiger partial charge in [0, 0.05) is 18.1 Å². The highest BCUT2D eigenvalue weighted by Gasteiger charge is 2.44. The minimum Gasteiger partial charge on any atom is -0.303 e. The normalized spacial score (nSPS) is 21.0. The molecule has 0 unspecified atom stereocenters. The van der Waals surface area contributed by atoms with Crippen molar-refractivity contribution < 1.29 is 8.78 Å². The first-order valence-corrected chi connectivity index (χ1v) is 11.0. The summed E-state index contributed by atoms with van der Waals surface area (Å²) in [6.45, 7) is 8.77. The highest BCUT2D eigenvalue weighted by Crippen LogP contribution is 2.51. The summed E-state index contributed by atoms with van der Waals surface area (Å²) >= 11 is 0. The van der Waals surface area contributed by atoms with Crippen molar-refractivity contribution in [3.8, 4) is 11.3 Å². The summed E-state index contributed by atoms with van der Waals surface area (Å²) in [6, 6.07) is 11.8. The second-order valence-electron chi connectivity index (χ2n) is 9.99. The van der Waals surface area contributed by atoms with Crippen LogP contribution in [-0.4, -0.2) is 19.6 Å². The molecule has 164 valence electrons. The van der Waals surface area contributed by atoms with Gasteiger partial charge in [-0.15, -0.1) is 5.10 Å². The van der Waals surface area contributed by atoms with Crippen molar-refractivity contribution >= 4 is 5.65 Å². The van der Waals surface area contributed by atoms with Crippen molar-refractivity contribution in [1.82, 2.24) is 19.6 Å². The Morgan fingerprint density at radius 3 is 2.47 bits per heavy atom. The Morgan fingerprint density at radius 1 is 1.03 bits per heavy atom. The van der Waals surface area contributed by atoms with E-state index in [-0.39, 0.29) is 22.6 Å². The van der Waals surface area contributed by atoms with E-state index in [0.29, 0.717) is 0 Å². The first-order valence-electron chi connectivity index (χ1n) is 11.0. The van der Waals surface area contributed by atoms with Crippen LogP contribution in [0.3, 0.4) is 0 Å². The maximum absolute atomic E-state index is 14.5. The fourth-order valence-electron chi connectivity index (χ4n) is 5.22. The third-order valence-corrected chi connectivity index (χ3v) is 6.91. The van der Waals surface area contributed by atoms with Gasteiger partial charge in [-0.25, -0.2) is 13.8 Å². The number of hydrogen-bond donors (Lipinski definition) is 0. The van der Waals surface area contributed by atoms with Gasteiger partial charge in [0.25, 0.3) is 0 Å². The number of rotatable bonds is 2. The van der Waals surface area contributed by atoms with Gasteiger partial charge < -0.3 is 4.40 Å². The van der Waals surface area contributed by atoms with E-state index in [1.165, 1.54) is 18.2 Å². The molecule has 1 aliphatic carbocycles. The summed E-state index contributed by atoms with van der Waals surface area (Å²) in [5.41, 5.74) is 3.50. The Labute approximate surface area is 186 Å². The Hall–Kier alpha value is -3.15. The topological polar surface area (TPSA) is 43.1 Å². The molecule has 6 heteroatoms. The first kappa shape index (κ1) is 20.7. The second-order valence-corrected chi connectivity index (χ2v) is 9.99. The molecule has 0 radical (unpaired) electrons. The molecule has 0 saturated heterocycles. The molecule has 32 heavy (non-hydrogen) atoms. The van der Waals surface area contributed by atoms with Crippen LogP contribution in [0.2, 0.25) is 0 Å². The van der Waals surface area contributed by atoms with Gasteiger partial charge in [-0.3, -0.25) is 0 Å². The van der Waals surface area contributed by atoms with E-state index in [1.54, 1.807) is 6.20 Å². The van der Waals surface area contributed by atoms with Crippen LogP contribution in [0.5, 0.6) is 0 Å². The maximum Gasteiger partial charge on any atom is 0.136 e. The summed E-state index contributed by atoms with van der Waals surface area (Å²) in [7, 11) is 0. The molecule has 0 N–H and O–H groups in total. The Morgan fingerprint density at radius 2 is 1.75 bits per heavy atom. The van der Waals surface area contributed by atoms with Crippen LogP contribution in [0.15, 0.2) is 54.9 Å². The molecular formula is C26H26F2N4. The van der Waals surface area contributed by atoms with Gasteiger partial charge in [-0.05, 0) is 67.0 Å². The molecule has 5 rings (SSSR count). The highest BCUT2D eigenvalue weighted by molar-refractivity contribution is 5.62. The lowest BCUT2D eigenvalue weighted by molar-refractivity contribution is 0.257. The molecule has 3 heterocycles. The van der Waals surface area contributed by atoms with Crippen molar-refractivity contribution in [2.24, 2.45) is 5.41 Å². The zero-order valence-corrected chi connectivity index (χ0v) is 18.7. The number of hydrogen-bond acceptors (Lipinski definition) is 3.